The van der Waals surface area contributed by atoms with Crippen molar-refractivity contribution in [3.8, 4) is 47.3 Å². The summed E-state index contributed by atoms with van der Waals surface area (Å²) in [6.45, 7) is 0. The summed E-state index contributed by atoms with van der Waals surface area (Å²) < 4.78 is 21.4. The number of nitriles is 4. The van der Waals surface area contributed by atoms with E-state index in [1.807, 2.05) is 24.3 Å². The fourth-order valence-electron chi connectivity index (χ4n) is 3.11. The quantitative estimate of drug-likeness (QED) is 0.323. The Kier molecular flexibility index (Phi) is 8.86. The minimum Gasteiger partial charge on any atom is -0.493 e. The van der Waals surface area contributed by atoms with E-state index in [1.54, 1.807) is 36.4 Å². The molecule has 0 bridgehead atoms. The van der Waals surface area contributed by atoms with E-state index in [2.05, 4.69) is 0 Å². The molecule has 34 heavy (non-hydrogen) atoms. The second-order valence-electron chi connectivity index (χ2n) is 6.53. The molecule has 0 heterocycles. The summed E-state index contributed by atoms with van der Waals surface area (Å²) in [6.07, 6.45) is 2.77. The van der Waals surface area contributed by atoms with Crippen LogP contribution in [0.3, 0.4) is 0 Å². The molecule has 2 aromatic carbocycles. The molecule has 2 aromatic rings. The van der Waals surface area contributed by atoms with Gasteiger partial charge in [-0.15, -0.1) is 0 Å². The molecule has 0 unspecified atom stereocenters. The van der Waals surface area contributed by atoms with Gasteiger partial charge in [-0.05, 0) is 58.7 Å². The van der Waals surface area contributed by atoms with Gasteiger partial charge in [0.2, 0.25) is 0 Å². The molecule has 0 saturated heterocycles. The fourth-order valence-corrected chi connectivity index (χ4v) is 3.11. The van der Waals surface area contributed by atoms with E-state index in [4.69, 9.17) is 18.9 Å². The predicted octanol–water partition coefficient (Wildman–Crippen LogP) is 4.58. The van der Waals surface area contributed by atoms with Crippen molar-refractivity contribution in [1.82, 2.24) is 0 Å². The van der Waals surface area contributed by atoms with Crippen LogP contribution in [0, 0.1) is 45.3 Å². The van der Waals surface area contributed by atoms with Crippen molar-refractivity contribution in [2.24, 2.45) is 0 Å². The standard InChI is InChI=1S/C26H20N4O4/c1-31-23-7-5-19(11-25(23)33-3)21(9-17(13-27)14-28)22(10-18(15-29)16-30)20-6-8-24(32-2)26(12-20)34-4/h5-12H,1-4H3/b22-21+. The van der Waals surface area contributed by atoms with E-state index in [-0.39, 0.29) is 11.1 Å². The van der Waals surface area contributed by atoms with E-state index in [0.717, 1.165) is 0 Å². The summed E-state index contributed by atoms with van der Waals surface area (Å²) >= 11 is 0. The number of nitrogens with zero attached hydrogens (tertiary/aromatic N) is 4. The number of hydrogen-bond acceptors (Lipinski definition) is 8. The summed E-state index contributed by atoms with van der Waals surface area (Å²) in [7, 11) is 5.97. The van der Waals surface area contributed by atoms with Crippen molar-refractivity contribution in [1.29, 1.82) is 21.0 Å². The molecule has 8 heteroatoms. The van der Waals surface area contributed by atoms with Gasteiger partial charge in [0.05, 0.1) is 28.4 Å². The maximum atomic E-state index is 9.42. The number of benzene rings is 2. The molecule has 0 amide bonds. The normalized spacial score (nSPS) is 10.1. The molecule has 168 valence electrons. The number of rotatable bonds is 8. The van der Waals surface area contributed by atoms with Crippen molar-refractivity contribution >= 4 is 11.1 Å². The van der Waals surface area contributed by atoms with E-state index in [1.165, 1.54) is 40.6 Å². The number of allylic oxidation sites excluding steroid dienone is 6. The second-order valence-corrected chi connectivity index (χ2v) is 6.53. The maximum Gasteiger partial charge on any atom is 0.161 e. The highest BCUT2D eigenvalue weighted by Gasteiger charge is 2.16. The largest absolute Gasteiger partial charge is 0.493 e. The van der Waals surface area contributed by atoms with Gasteiger partial charge in [-0.2, -0.15) is 21.0 Å². The van der Waals surface area contributed by atoms with E-state index in [9.17, 15) is 21.0 Å². The van der Waals surface area contributed by atoms with E-state index in [0.29, 0.717) is 45.3 Å². The molecule has 0 saturated carbocycles. The lowest BCUT2D eigenvalue weighted by molar-refractivity contribution is 0.355. The zero-order valence-electron chi connectivity index (χ0n) is 19.0. The molecule has 0 radical (unpaired) electrons. The highest BCUT2D eigenvalue weighted by molar-refractivity contribution is 6.01. The summed E-state index contributed by atoms with van der Waals surface area (Å²) in [4.78, 5) is 0. The Balaban J connectivity index is 3.07. The summed E-state index contributed by atoms with van der Waals surface area (Å²) in [5.74, 6) is 1.79. The van der Waals surface area contributed by atoms with Crippen molar-refractivity contribution in [2.75, 3.05) is 28.4 Å². The Bertz CT molecular complexity index is 1210. The van der Waals surface area contributed by atoms with Crippen LogP contribution >= 0.6 is 0 Å². The Morgan fingerprint density at radius 3 is 1.15 bits per heavy atom. The fraction of sp³-hybridized carbons (Fsp3) is 0.154. The first-order chi connectivity index (χ1) is 16.5. The predicted molar refractivity (Wildman–Crippen MR) is 125 cm³/mol. The van der Waals surface area contributed by atoms with Crippen LogP contribution in [0.15, 0.2) is 59.7 Å². The van der Waals surface area contributed by atoms with Gasteiger partial charge < -0.3 is 18.9 Å². The lowest BCUT2D eigenvalue weighted by Gasteiger charge is -2.15. The number of hydrogen-bond donors (Lipinski definition) is 0. The van der Waals surface area contributed by atoms with Gasteiger partial charge >= 0.3 is 0 Å². The molecule has 0 atom stereocenters. The van der Waals surface area contributed by atoms with Crippen LogP contribution in [-0.2, 0) is 0 Å². The molecule has 0 aliphatic heterocycles. The van der Waals surface area contributed by atoms with Crippen molar-refractivity contribution < 1.29 is 18.9 Å². The molecule has 0 aromatic heterocycles. The van der Waals surface area contributed by atoms with Gasteiger partial charge in [0, 0.05) is 0 Å². The van der Waals surface area contributed by atoms with Crippen molar-refractivity contribution in [3.63, 3.8) is 0 Å². The zero-order valence-corrected chi connectivity index (χ0v) is 19.0. The SMILES string of the molecule is COc1ccc(/C(C=C(C#N)C#N)=C(\C=C(C#N)C#N)c2ccc(OC)c(OC)c2)cc1OC. The summed E-state index contributed by atoms with van der Waals surface area (Å²) in [6, 6.07) is 17.5. The van der Waals surface area contributed by atoms with Crippen molar-refractivity contribution in [3.05, 3.63) is 70.8 Å². The van der Waals surface area contributed by atoms with Crippen LogP contribution in [-0.4, -0.2) is 28.4 Å². The van der Waals surface area contributed by atoms with Gasteiger partial charge in [-0.1, -0.05) is 12.1 Å². The topological polar surface area (TPSA) is 132 Å². The first-order valence-electron chi connectivity index (χ1n) is 9.72. The van der Waals surface area contributed by atoms with Crippen LogP contribution in [0.5, 0.6) is 23.0 Å². The minimum atomic E-state index is -0.174. The summed E-state index contributed by atoms with van der Waals surface area (Å²) in [5, 5.41) is 37.7. The third-order valence-corrected chi connectivity index (χ3v) is 4.74. The van der Waals surface area contributed by atoms with Crippen LogP contribution in [0.2, 0.25) is 0 Å². The molecule has 0 aliphatic rings. The molecule has 8 nitrogen and oxygen atoms in total. The van der Waals surface area contributed by atoms with Crippen LogP contribution in [0.25, 0.3) is 11.1 Å². The lowest BCUT2D eigenvalue weighted by Crippen LogP contribution is -1.96. The van der Waals surface area contributed by atoms with E-state index >= 15 is 0 Å². The highest BCUT2D eigenvalue weighted by atomic mass is 16.5. The van der Waals surface area contributed by atoms with Crippen LogP contribution in [0.1, 0.15) is 11.1 Å². The van der Waals surface area contributed by atoms with Crippen LogP contribution < -0.4 is 18.9 Å². The van der Waals surface area contributed by atoms with Crippen molar-refractivity contribution in [2.45, 2.75) is 0 Å². The monoisotopic (exact) mass is 452 g/mol. The number of methoxy groups -OCH3 is 4. The molecule has 0 fully saturated rings. The second kappa shape index (κ2) is 12.0. The van der Waals surface area contributed by atoms with Gasteiger partial charge in [0.15, 0.2) is 23.0 Å². The van der Waals surface area contributed by atoms with E-state index < -0.39 is 0 Å². The highest BCUT2D eigenvalue weighted by Crippen LogP contribution is 2.38. The van der Waals surface area contributed by atoms with Gasteiger partial charge in [0.25, 0.3) is 0 Å². The smallest absolute Gasteiger partial charge is 0.161 e. The molecule has 0 spiro atoms. The zero-order chi connectivity index (χ0) is 25.1. The van der Waals surface area contributed by atoms with Gasteiger partial charge in [-0.3, -0.25) is 0 Å². The Hall–Kier alpha value is -5.18. The molecule has 0 N–H and O–H groups in total. The Morgan fingerprint density at radius 1 is 0.559 bits per heavy atom. The average molecular weight is 452 g/mol. The Morgan fingerprint density at radius 2 is 0.882 bits per heavy atom. The first kappa shape index (κ1) is 25.1. The molecular weight excluding hydrogens is 432 g/mol. The molecular formula is C26H20N4O4. The lowest BCUT2D eigenvalue weighted by atomic mass is 9.91. The summed E-state index contributed by atoms with van der Waals surface area (Å²) in [5.41, 5.74) is 1.55. The number of ether oxygens (including phenoxy) is 4. The molecule has 2 rings (SSSR count). The average Bonchev–Trinajstić information content (AvgIpc) is 2.89. The van der Waals surface area contributed by atoms with Crippen LogP contribution in [0.4, 0.5) is 0 Å². The Labute approximate surface area is 198 Å². The third-order valence-electron chi connectivity index (χ3n) is 4.74. The van der Waals surface area contributed by atoms with Gasteiger partial charge in [-0.25, -0.2) is 0 Å². The third kappa shape index (κ3) is 5.54. The van der Waals surface area contributed by atoms with Gasteiger partial charge in [0.1, 0.15) is 35.4 Å². The first-order valence-corrected chi connectivity index (χ1v) is 9.72. The minimum absolute atomic E-state index is 0.174. The maximum absolute atomic E-state index is 9.42. The molecule has 0 aliphatic carbocycles.